The molecule has 0 fully saturated rings. The smallest absolute Gasteiger partial charge is 0.261 e. The molecule has 8 heteroatoms. The molecule has 7 nitrogen and oxygen atoms in total. The Bertz CT molecular complexity index is 1360. The molecule has 2 aromatic heterocycles. The van der Waals surface area contributed by atoms with E-state index in [2.05, 4.69) is 15.0 Å². The monoisotopic (exact) mass is 418 g/mol. The summed E-state index contributed by atoms with van der Waals surface area (Å²) in [6.07, 6.45) is 4.69. The lowest BCUT2D eigenvalue weighted by molar-refractivity contribution is -0.116. The van der Waals surface area contributed by atoms with Crippen molar-refractivity contribution in [2.24, 2.45) is 0 Å². The van der Waals surface area contributed by atoms with Crippen LogP contribution in [-0.2, 0) is 21.2 Å². The first kappa shape index (κ1) is 18.4. The Morgan fingerprint density at radius 1 is 1.00 bits per heavy atom. The minimum absolute atomic E-state index is 0.0556. The molecule has 0 saturated heterocycles. The summed E-state index contributed by atoms with van der Waals surface area (Å²) in [4.78, 5) is 16.3. The van der Waals surface area contributed by atoms with Crippen molar-refractivity contribution < 1.29 is 13.2 Å². The van der Waals surface area contributed by atoms with Crippen molar-refractivity contribution in [1.82, 2.24) is 9.38 Å². The van der Waals surface area contributed by atoms with Crippen molar-refractivity contribution in [2.75, 3.05) is 10.0 Å². The van der Waals surface area contributed by atoms with Crippen LogP contribution in [0.3, 0.4) is 0 Å². The number of pyridine rings is 1. The van der Waals surface area contributed by atoms with Crippen LogP contribution in [0.2, 0.25) is 0 Å². The molecule has 0 radical (unpaired) electrons. The summed E-state index contributed by atoms with van der Waals surface area (Å²) in [5.41, 5.74) is 4.32. The Hall–Kier alpha value is -3.65. The van der Waals surface area contributed by atoms with E-state index in [1.54, 1.807) is 30.3 Å². The van der Waals surface area contributed by atoms with E-state index < -0.39 is 10.0 Å². The minimum Gasteiger partial charge on any atom is -0.326 e. The van der Waals surface area contributed by atoms with Gasteiger partial charge in [0.05, 0.1) is 10.6 Å². The molecule has 0 bridgehead atoms. The average molecular weight is 418 g/mol. The fraction of sp³-hybridized carbons (Fsp3) is 0.0909. The highest BCUT2D eigenvalue weighted by molar-refractivity contribution is 7.92. The number of sulfonamides is 1. The number of fused-ring (bicyclic) bond motifs is 2. The molecule has 30 heavy (non-hydrogen) atoms. The van der Waals surface area contributed by atoms with Crippen LogP contribution in [0.4, 0.5) is 11.4 Å². The third-order valence-corrected chi connectivity index (χ3v) is 6.44. The minimum atomic E-state index is -3.77. The maximum Gasteiger partial charge on any atom is 0.261 e. The molecule has 4 aromatic rings. The fourth-order valence-corrected chi connectivity index (χ4v) is 4.66. The van der Waals surface area contributed by atoms with Gasteiger partial charge in [-0.1, -0.05) is 18.2 Å². The number of aryl methyl sites for hydroxylation is 1. The van der Waals surface area contributed by atoms with E-state index in [1.807, 2.05) is 41.1 Å². The van der Waals surface area contributed by atoms with Crippen LogP contribution in [-0.4, -0.2) is 23.7 Å². The molecule has 2 aromatic carbocycles. The maximum absolute atomic E-state index is 12.9. The van der Waals surface area contributed by atoms with Gasteiger partial charge in [0.1, 0.15) is 5.65 Å². The molecular formula is C22H18N4O3S. The van der Waals surface area contributed by atoms with Gasteiger partial charge < -0.3 is 9.72 Å². The second-order valence-electron chi connectivity index (χ2n) is 7.15. The second-order valence-corrected chi connectivity index (χ2v) is 8.83. The van der Waals surface area contributed by atoms with Crippen molar-refractivity contribution in [3.8, 4) is 11.3 Å². The molecule has 1 aliphatic heterocycles. The van der Waals surface area contributed by atoms with Gasteiger partial charge in [0.25, 0.3) is 10.0 Å². The number of hydrogen-bond acceptors (Lipinski definition) is 4. The average Bonchev–Trinajstić information content (AvgIpc) is 3.17. The van der Waals surface area contributed by atoms with Gasteiger partial charge in [-0.2, -0.15) is 0 Å². The highest BCUT2D eigenvalue weighted by Gasteiger charge is 2.20. The van der Waals surface area contributed by atoms with Crippen LogP contribution < -0.4 is 10.0 Å². The predicted octanol–water partition coefficient (Wildman–Crippen LogP) is 3.69. The normalized spacial score (nSPS) is 13.7. The van der Waals surface area contributed by atoms with E-state index >= 15 is 0 Å². The first-order chi connectivity index (χ1) is 14.5. The zero-order valence-corrected chi connectivity index (χ0v) is 16.7. The van der Waals surface area contributed by atoms with E-state index in [4.69, 9.17) is 0 Å². The quantitative estimate of drug-likeness (QED) is 0.529. The van der Waals surface area contributed by atoms with E-state index in [-0.39, 0.29) is 10.8 Å². The largest absolute Gasteiger partial charge is 0.326 e. The second kappa shape index (κ2) is 7.00. The molecule has 0 saturated carbocycles. The third-order valence-electron chi connectivity index (χ3n) is 5.06. The summed E-state index contributed by atoms with van der Waals surface area (Å²) >= 11 is 0. The lowest BCUT2D eigenvalue weighted by atomic mass is 10.0. The molecule has 1 aliphatic rings. The van der Waals surface area contributed by atoms with Gasteiger partial charge in [-0.25, -0.2) is 13.4 Å². The van der Waals surface area contributed by atoms with E-state index in [0.717, 1.165) is 22.5 Å². The summed E-state index contributed by atoms with van der Waals surface area (Å²) in [5, 5.41) is 2.76. The molecule has 2 N–H and O–H groups in total. The van der Waals surface area contributed by atoms with Gasteiger partial charge in [0.2, 0.25) is 5.91 Å². The molecule has 0 atom stereocenters. The van der Waals surface area contributed by atoms with Gasteiger partial charge in [-0.05, 0) is 54.4 Å². The Morgan fingerprint density at radius 2 is 1.90 bits per heavy atom. The first-order valence-corrected chi connectivity index (χ1v) is 11.0. The zero-order valence-electron chi connectivity index (χ0n) is 15.9. The molecule has 0 unspecified atom stereocenters. The highest BCUT2D eigenvalue weighted by Crippen LogP contribution is 2.28. The van der Waals surface area contributed by atoms with Crippen LogP contribution in [0.1, 0.15) is 12.0 Å². The van der Waals surface area contributed by atoms with Crippen molar-refractivity contribution in [1.29, 1.82) is 0 Å². The summed E-state index contributed by atoms with van der Waals surface area (Å²) in [6.45, 7) is 0. The molecule has 1 amide bonds. The van der Waals surface area contributed by atoms with Gasteiger partial charge in [0.15, 0.2) is 0 Å². The number of anilines is 2. The summed E-state index contributed by atoms with van der Waals surface area (Å²) in [7, 11) is -3.77. The fourth-order valence-electron chi connectivity index (χ4n) is 3.56. The number of benzene rings is 2. The van der Waals surface area contributed by atoms with Gasteiger partial charge in [-0.3, -0.25) is 9.52 Å². The number of nitrogens with zero attached hydrogens (tertiary/aromatic N) is 2. The third kappa shape index (κ3) is 3.42. The molecular weight excluding hydrogens is 400 g/mol. The van der Waals surface area contributed by atoms with Crippen molar-refractivity contribution >= 4 is 33.0 Å². The molecule has 0 spiro atoms. The van der Waals surface area contributed by atoms with Crippen molar-refractivity contribution in [2.45, 2.75) is 17.7 Å². The van der Waals surface area contributed by atoms with Crippen LogP contribution in [0.5, 0.6) is 0 Å². The van der Waals surface area contributed by atoms with Crippen LogP contribution in [0.25, 0.3) is 16.9 Å². The standard InChI is InChI=1S/C22H18N4O3S/c27-22-10-7-16-13-18(8-9-19(16)24-22)30(28,29)25-17-5-3-4-15(12-17)20-14-26-11-2-1-6-21(26)23-20/h1-6,8-9,11-14,25H,7,10H2,(H,24,27). The number of hydrogen-bond donors (Lipinski definition) is 2. The lowest BCUT2D eigenvalue weighted by Gasteiger charge is -2.18. The molecule has 5 rings (SSSR count). The maximum atomic E-state index is 12.9. The number of carbonyl (C=O) groups is 1. The Balaban J connectivity index is 1.44. The number of imidazole rings is 1. The van der Waals surface area contributed by atoms with E-state index in [0.29, 0.717) is 24.2 Å². The molecule has 150 valence electrons. The number of nitrogens with one attached hydrogen (secondary N) is 2. The van der Waals surface area contributed by atoms with Gasteiger partial charge in [0, 0.05) is 35.8 Å². The number of amides is 1. The Kier molecular flexibility index (Phi) is 4.29. The highest BCUT2D eigenvalue weighted by atomic mass is 32.2. The van der Waals surface area contributed by atoms with Crippen molar-refractivity contribution in [3.05, 3.63) is 78.6 Å². The van der Waals surface area contributed by atoms with Crippen molar-refractivity contribution in [3.63, 3.8) is 0 Å². The number of aromatic nitrogens is 2. The van der Waals surface area contributed by atoms with Gasteiger partial charge in [-0.15, -0.1) is 0 Å². The van der Waals surface area contributed by atoms with E-state index in [9.17, 15) is 13.2 Å². The van der Waals surface area contributed by atoms with Crippen LogP contribution in [0.15, 0.2) is 78.0 Å². The Morgan fingerprint density at radius 3 is 2.77 bits per heavy atom. The molecule has 3 heterocycles. The first-order valence-electron chi connectivity index (χ1n) is 9.48. The van der Waals surface area contributed by atoms with Crippen LogP contribution in [0, 0.1) is 0 Å². The topological polar surface area (TPSA) is 92.6 Å². The molecule has 0 aliphatic carbocycles. The summed E-state index contributed by atoms with van der Waals surface area (Å²) < 4.78 is 30.4. The lowest BCUT2D eigenvalue weighted by Crippen LogP contribution is -2.20. The Labute approximate surface area is 173 Å². The van der Waals surface area contributed by atoms with E-state index in [1.165, 1.54) is 6.07 Å². The zero-order chi connectivity index (χ0) is 20.7. The van der Waals surface area contributed by atoms with Crippen LogP contribution >= 0.6 is 0 Å². The predicted molar refractivity (Wildman–Crippen MR) is 115 cm³/mol. The summed E-state index contributed by atoms with van der Waals surface area (Å²) in [5.74, 6) is -0.0556. The number of rotatable bonds is 4. The number of carbonyl (C=O) groups excluding carboxylic acids is 1. The SMILES string of the molecule is O=C1CCc2cc(S(=O)(=O)Nc3cccc(-c4cn5ccccc5n4)c3)ccc2N1. The van der Waals surface area contributed by atoms with Gasteiger partial charge >= 0.3 is 0 Å². The summed E-state index contributed by atoms with van der Waals surface area (Å²) in [6, 6.07) is 17.6.